The number of hydrogen-bond acceptors (Lipinski definition) is 1. The molecule has 0 aliphatic heterocycles. The second-order valence-corrected chi connectivity index (χ2v) is 10.7. The molecule has 208 valence electrons. The van der Waals surface area contributed by atoms with Gasteiger partial charge in [-0.15, -0.1) is 0 Å². The number of rotatable bonds is 4. The summed E-state index contributed by atoms with van der Waals surface area (Å²) >= 11 is 0. The number of nitrogens with one attached hydrogen (secondary N) is 2. The largest absolute Gasteiger partial charge is 0.353 e. The van der Waals surface area contributed by atoms with Gasteiger partial charge in [-0.25, -0.2) is 9.98 Å². The van der Waals surface area contributed by atoms with Gasteiger partial charge in [-0.05, 0) is 29.8 Å². The van der Waals surface area contributed by atoms with Crippen molar-refractivity contribution >= 4 is 61.5 Å². The van der Waals surface area contributed by atoms with Gasteiger partial charge in [-0.2, -0.15) is 0 Å². The Morgan fingerprint density at radius 2 is 1.27 bits per heavy atom. The van der Waals surface area contributed by atoms with Crippen LogP contribution >= 0.6 is 0 Å². The smallest absolute Gasteiger partial charge is 0.161 e. The lowest BCUT2D eigenvalue weighted by atomic mass is 10.1. The predicted molar refractivity (Wildman–Crippen MR) is 184 cm³/mol. The molecule has 0 radical (unpaired) electrons. The van der Waals surface area contributed by atoms with Gasteiger partial charge in [0.25, 0.3) is 0 Å². The van der Waals surface area contributed by atoms with Crippen molar-refractivity contribution in [2.24, 2.45) is 9.98 Å². The number of benzene rings is 6. The van der Waals surface area contributed by atoms with Crippen LogP contribution in [0.1, 0.15) is 16.7 Å². The summed E-state index contributed by atoms with van der Waals surface area (Å²) < 4.78 is 2.28. The highest BCUT2D eigenvalue weighted by Crippen LogP contribution is 2.39. The van der Waals surface area contributed by atoms with Crippen LogP contribution in [0.4, 0.5) is 0 Å². The van der Waals surface area contributed by atoms with Gasteiger partial charge in [0.15, 0.2) is 11.7 Å². The molecule has 8 rings (SSSR count). The molecule has 5 nitrogen and oxygen atoms in total. The van der Waals surface area contributed by atoms with Crippen molar-refractivity contribution in [2.75, 3.05) is 0 Å². The van der Waals surface area contributed by atoms with Crippen molar-refractivity contribution < 1.29 is 0 Å². The standard InChI is InChI=1S/C39H27N5/c40-38(43-39(27-15-5-2-6-16-27)41-25-26-13-3-1-4-14-26)32-19-9-12-22-35(32)44-34-21-11-8-18-29(34)31-24-23-30-28-17-7-10-20-33(28)42-36(30)37(31)44/h1-25,40,42H. The van der Waals surface area contributed by atoms with Crippen LogP contribution in [0.5, 0.6) is 0 Å². The molecule has 0 saturated heterocycles. The summed E-state index contributed by atoms with van der Waals surface area (Å²) in [5.41, 5.74) is 7.74. The first kappa shape index (κ1) is 25.6. The second kappa shape index (κ2) is 10.6. The van der Waals surface area contributed by atoms with E-state index in [4.69, 9.17) is 9.98 Å². The Labute approximate surface area is 254 Å². The lowest BCUT2D eigenvalue weighted by molar-refractivity contribution is 1.17. The van der Waals surface area contributed by atoms with Gasteiger partial charge in [0, 0.05) is 44.4 Å². The number of amidine groups is 2. The molecule has 0 aliphatic carbocycles. The van der Waals surface area contributed by atoms with Crippen molar-refractivity contribution in [3.63, 3.8) is 0 Å². The summed E-state index contributed by atoms with van der Waals surface area (Å²) in [6, 6.07) is 49.1. The van der Waals surface area contributed by atoms with Crippen LogP contribution in [0.15, 0.2) is 156 Å². The topological polar surface area (TPSA) is 69.3 Å². The maximum absolute atomic E-state index is 9.32. The average Bonchev–Trinajstić information content (AvgIpc) is 3.63. The molecule has 6 aromatic carbocycles. The number of para-hydroxylation sites is 3. The minimum atomic E-state index is 0.138. The molecular weight excluding hydrogens is 538 g/mol. The Morgan fingerprint density at radius 3 is 2.11 bits per heavy atom. The molecule has 44 heavy (non-hydrogen) atoms. The predicted octanol–water partition coefficient (Wildman–Crippen LogP) is 9.31. The summed E-state index contributed by atoms with van der Waals surface area (Å²) in [6.45, 7) is 0. The van der Waals surface area contributed by atoms with Gasteiger partial charge in [0.2, 0.25) is 0 Å². The highest BCUT2D eigenvalue weighted by molar-refractivity contribution is 6.23. The Bertz CT molecular complexity index is 2390. The van der Waals surface area contributed by atoms with E-state index < -0.39 is 0 Å². The van der Waals surface area contributed by atoms with Gasteiger partial charge >= 0.3 is 0 Å². The fraction of sp³-hybridized carbons (Fsp3) is 0. The first-order chi connectivity index (χ1) is 21.8. The molecule has 0 fully saturated rings. The van der Waals surface area contributed by atoms with E-state index in [1.807, 2.05) is 78.9 Å². The van der Waals surface area contributed by atoms with Crippen LogP contribution in [-0.4, -0.2) is 27.4 Å². The molecule has 5 heteroatoms. The molecule has 0 amide bonds. The number of aromatic amines is 1. The third kappa shape index (κ3) is 4.30. The maximum atomic E-state index is 9.32. The van der Waals surface area contributed by atoms with Crippen LogP contribution in [0.25, 0.3) is 49.3 Å². The fourth-order valence-corrected chi connectivity index (χ4v) is 6.09. The Morgan fingerprint density at radius 1 is 0.614 bits per heavy atom. The molecule has 0 unspecified atom stereocenters. The molecule has 8 aromatic rings. The van der Waals surface area contributed by atoms with Crippen LogP contribution in [-0.2, 0) is 0 Å². The molecule has 0 saturated carbocycles. The van der Waals surface area contributed by atoms with Crippen LogP contribution in [0, 0.1) is 5.41 Å². The molecule has 2 aromatic heterocycles. The van der Waals surface area contributed by atoms with Crippen molar-refractivity contribution in [1.82, 2.24) is 9.55 Å². The number of nitrogens with zero attached hydrogens (tertiary/aromatic N) is 3. The Balaban J connectivity index is 1.35. The second-order valence-electron chi connectivity index (χ2n) is 10.7. The number of aromatic nitrogens is 2. The molecule has 2 N–H and O–H groups in total. The lowest BCUT2D eigenvalue weighted by Crippen LogP contribution is -2.08. The third-order valence-corrected chi connectivity index (χ3v) is 8.10. The SMILES string of the molecule is N=C(N=C(N=Cc1ccccc1)c1ccccc1)c1ccccc1-n1c2ccccc2c2ccc3c4ccccc4[nH]c3c21. The highest BCUT2D eigenvalue weighted by Gasteiger charge is 2.20. The summed E-state index contributed by atoms with van der Waals surface area (Å²) in [4.78, 5) is 13.3. The molecular formula is C39H27N5. The van der Waals surface area contributed by atoms with Gasteiger partial charge in [-0.1, -0.05) is 121 Å². The van der Waals surface area contributed by atoms with Gasteiger partial charge < -0.3 is 9.55 Å². The summed E-state index contributed by atoms with van der Waals surface area (Å²) in [7, 11) is 0. The van der Waals surface area contributed by atoms with Crippen molar-refractivity contribution in [3.05, 3.63) is 162 Å². The monoisotopic (exact) mass is 565 g/mol. The normalized spacial score (nSPS) is 12.2. The third-order valence-electron chi connectivity index (χ3n) is 8.10. The first-order valence-corrected chi connectivity index (χ1v) is 14.6. The number of H-pyrrole nitrogens is 1. The summed E-state index contributed by atoms with van der Waals surface area (Å²) in [6.07, 6.45) is 1.80. The number of fused-ring (bicyclic) bond motifs is 7. The lowest BCUT2D eigenvalue weighted by Gasteiger charge is -2.13. The molecule has 0 atom stereocenters. The van der Waals surface area contributed by atoms with Crippen LogP contribution in [0.3, 0.4) is 0 Å². The minimum Gasteiger partial charge on any atom is -0.353 e. The fourth-order valence-electron chi connectivity index (χ4n) is 6.09. The first-order valence-electron chi connectivity index (χ1n) is 14.6. The zero-order chi connectivity index (χ0) is 29.5. The van der Waals surface area contributed by atoms with Gasteiger partial charge in [0.05, 0.1) is 22.2 Å². The van der Waals surface area contributed by atoms with Crippen molar-refractivity contribution in [1.29, 1.82) is 5.41 Å². The van der Waals surface area contributed by atoms with E-state index in [0.717, 1.165) is 49.7 Å². The average molecular weight is 566 g/mol. The van der Waals surface area contributed by atoms with E-state index in [1.165, 1.54) is 10.8 Å². The van der Waals surface area contributed by atoms with E-state index in [2.05, 4.69) is 76.3 Å². The number of hydrogen-bond donors (Lipinski definition) is 2. The quantitative estimate of drug-likeness (QED) is 0.158. The van der Waals surface area contributed by atoms with Crippen molar-refractivity contribution in [2.45, 2.75) is 0 Å². The zero-order valence-corrected chi connectivity index (χ0v) is 23.8. The van der Waals surface area contributed by atoms with E-state index in [0.29, 0.717) is 11.4 Å². The van der Waals surface area contributed by atoms with E-state index >= 15 is 0 Å². The molecule has 0 bridgehead atoms. The molecule has 2 heterocycles. The zero-order valence-electron chi connectivity index (χ0n) is 23.8. The molecule has 0 spiro atoms. The van der Waals surface area contributed by atoms with Gasteiger partial charge in [0.1, 0.15) is 0 Å². The molecule has 0 aliphatic rings. The minimum absolute atomic E-state index is 0.138. The summed E-state index contributed by atoms with van der Waals surface area (Å²) in [5.74, 6) is 0.619. The highest BCUT2D eigenvalue weighted by atomic mass is 15.0. The van der Waals surface area contributed by atoms with Gasteiger partial charge in [-0.3, -0.25) is 5.41 Å². The van der Waals surface area contributed by atoms with Crippen LogP contribution in [0.2, 0.25) is 0 Å². The van der Waals surface area contributed by atoms with E-state index in [-0.39, 0.29) is 5.84 Å². The van der Waals surface area contributed by atoms with E-state index in [1.54, 1.807) is 6.21 Å². The van der Waals surface area contributed by atoms with Crippen LogP contribution < -0.4 is 0 Å². The van der Waals surface area contributed by atoms with Crippen molar-refractivity contribution in [3.8, 4) is 5.69 Å². The summed E-state index contributed by atoms with van der Waals surface area (Å²) in [5, 5.41) is 14.0. The van der Waals surface area contributed by atoms with E-state index in [9.17, 15) is 5.41 Å². The Hall–Kier alpha value is -6.07. The maximum Gasteiger partial charge on any atom is 0.161 e. The Kier molecular flexibility index (Phi) is 6.20. The number of aliphatic imine (C=N–C) groups is 2.